The van der Waals surface area contributed by atoms with Crippen LogP contribution in [0.5, 0.6) is 0 Å². The summed E-state index contributed by atoms with van der Waals surface area (Å²) in [4.78, 5) is 14.5. The van der Waals surface area contributed by atoms with Gasteiger partial charge in [-0.3, -0.25) is 9.89 Å². The molecular formula is C21H24N4O. The highest BCUT2D eigenvalue weighted by atomic mass is 16.2. The number of hydrogen-bond donors (Lipinski definition) is 2. The Bertz CT molecular complexity index is 874. The van der Waals surface area contributed by atoms with Gasteiger partial charge in [0.25, 0.3) is 0 Å². The van der Waals surface area contributed by atoms with E-state index in [1.54, 1.807) is 0 Å². The molecule has 26 heavy (non-hydrogen) atoms. The van der Waals surface area contributed by atoms with Crippen molar-refractivity contribution in [3.63, 3.8) is 0 Å². The Balaban J connectivity index is 1.27. The van der Waals surface area contributed by atoms with Crippen LogP contribution in [0.2, 0.25) is 0 Å². The molecule has 1 aliphatic heterocycles. The summed E-state index contributed by atoms with van der Waals surface area (Å²) in [6, 6.07) is 16.8. The number of benzene rings is 2. The predicted molar refractivity (Wildman–Crippen MR) is 103 cm³/mol. The molecule has 0 aliphatic carbocycles. The summed E-state index contributed by atoms with van der Waals surface area (Å²) in [5, 5.41) is 11.9. The van der Waals surface area contributed by atoms with Gasteiger partial charge in [0, 0.05) is 37.5 Å². The molecule has 0 radical (unpaired) electrons. The minimum absolute atomic E-state index is 0.258. The summed E-state index contributed by atoms with van der Waals surface area (Å²) in [5.41, 5.74) is 3.53. The second-order valence-corrected chi connectivity index (χ2v) is 6.94. The first-order chi connectivity index (χ1) is 12.8. The van der Waals surface area contributed by atoms with Crippen LogP contribution in [-0.2, 0) is 17.8 Å². The summed E-state index contributed by atoms with van der Waals surface area (Å²) >= 11 is 0. The fraction of sp³-hybridized carbons (Fsp3) is 0.333. The fourth-order valence-corrected chi connectivity index (χ4v) is 3.64. The van der Waals surface area contributed by atoms with Gasteiger partial charge in [-0.1, -0.05) is 48.5 Å². The molecule has 1 atom stereocenters. The number of nitrogens with one attached hydrogen (secondary N) is 2. The third-order valence-electron chi connectivity index (χ3n) is 5.16. The Kier molecular flexibility index (Phi) is 4.97. The third kappa shape index (κ3) is 3.78. The van der Waals surface area contributed by atoms with Crippen molar-refractivity contribution in [1.29, 1.82) is 0 Å². The van der Waals surface area contributed by atoms with Crippen LogP contribution in [0.4, 0.5) is 0 Å². The average molecular weight is 348 g/mol. The van der Waals surface area contributed by atoms with Gasteiger partial charge in [-0.15, -0.1) is 0 Å². The van der Waals surface area contributed by atoms with Crippen molar-refractivity contribution >= 4 is 16.8 Å². The molecule has 0 spiro atoms. The van der Waals surface area contributed by atoms with Crippen LogP contribution in [0.25, 0.3) is 10.9 Å². The second kappa shape index (κ2) is 7.70. The largest absolute Gasteiger partial charge is 0.341 e. The van der Waals surface area contributed by atoms with Gasteiger partial charge < -0.3 is 10.2 Å². The quantitative estimate of drug-likeness (QED) is 0.720. The fourth-order valence-electron chi connectivity index (χ4n) is 3.64. The van der Waals surface area contributed by atoms with Gasteiger partial charge in [-0.25, -0.2) is 0 Å². The molecule has 3 aromatic rings. The first-order valence-electron chi connectivity index (χ1n) is 9.25. The van der Waals surface area contributed by atoms with Crippen LogP contribution >= 0.6 is 0 Å². The summed E-state index contributed by atoms with van der Waals surface area (Å²) in [6.07, 6.45) is 4.26. The zero-order valence-electron chi connectivity index (χ0n) is 14.8. The highest BCUT2D eigenvalue weighted by Crippen LogP contribution is 2.17. The maximum atomic E-state index is 12.5. The van der Waals surface area contributed by atoms with Gasteiger partial charge in [0.1, 0.15) is 0 Å². The highest BCUT2D eigenvalue weighted by molar-refractivity contribution is 5.81. The average Bonchev–Trinajstić information content (AvgIpc) is 3.35. The summed E-state index contributed by atoms with van der Waals surface area (Å²) in [5.74, 6) is 0.258. The molecule has 134 valence electrons. The van der Waals surface area contributed by atoms with Gasteiger partial charge in [-0.2, -0.15) is 5.10 Å². The van der Waals surface area contributed by atoms with E-state index < -0.39 is 0 Å². The Labute approximate surface area is 153 Å². The Morgan fingerprint density at radius 1 is 1.19 bits per heavy atom. The van der Waals surface area contributed by atoms with E-state index in [9.17, 15) is 4.79 Å². The van der Waals surface area contributed by atoms with Crippen molar-refractivity contribution in [2.75, 3.05) is 13.1 Å². The van der Waals surface area contributed by atoms with Gasteiger partial charge >= 0.3 is 0 Å². The number of rotatable bonds is 6. The van der Waals surface area contributed by atoms with Gasteiger partial charge in [0.05, 0.1) is 11.7 Å². The zero-order chi connectivity index (χ0) is 17.8. The molecule has 5 nitrogen and oxygen atoms in total. The van der Waals surface area contributed by atoms with Crippen LogP contribution in [-0.4, -0.2) is 40.1 Å². The molecule has 1 amide bonds. The van der Waals surface area contributed by atoms with E-state index >= 15 is 0 Å². The van der Waals surface area contributed by atoms with Crippen LogP contribution in [0.15, 0.2) is 54.7 Å². The van der Waals surface area contributed by atoms with Crippen LogP contribution in [0, 0.1) is 0 Å². The third-order valence-corrected chi connectivity index (χ3v) is 5.16. The van der Waals surface area contributed by atoms with Gasteiger partial charge in [0.2, 0.25) is 5.91 Å². The summed E-state index contributed by atoms with van der Waals surface area (Å²) < 4.78 is 0. The summed E-state index contributed by atoms with van der Waals surface area (Å²) in [6.45, 7) is 2.43. The molecule has 0 unspecified atom stereocenters. The predicted octanol–water partition coefficient (Wildman–Crippen LogP) is 2.89. The number of nitrogens with zero attached hydrogens (tertiary/aromatic N) is 2. The SMILES string of the molecule is O=C(CCc1ccccc1)N1CC[C@H](NCc2cccc3cn[nH]c23)C1. The molecule has 2 aromatic carbocycles. The number of hydrogen-bond acceptors (Lipinski definition) is 3. The number of fused-ring (bicyclic) bond motifs is 1. The van der Waals surface area contributed by atoms with E-state index in [1.807, 2.05) is 29.3 Å². The Morgan fingerprint density at radius 3 is 2.96 bits per heavy atom. The van der Waals surface area contributed by atoms with Gasteiger partial charge in [0.15, 0.2) is 0 Å². The lowest BCUT2D eigenvalue weighted by Crippen LogP contribution is -2.35. The lowest BCUT2D eigenvalue weighted by Gasteiger charge is -2.17. The Morgan fingerprint density at radius 2 is 2.08 bits per heavy atom. The first kappa shape index (κ1) is 16.8. The molecule has 0 saturated carbocycles. The Hall–Kier alpha value is -2.66. The van der Waals surface area contributed by atoms with Crippen LogP contribution in [0.3, 0.4) is 0 Å². The van der Waals surface area contributed by atoms with E-state index in [1.165, 1.54) is 11.1 Å². The number of carbonyl (C=O) groups excluding carboxylic acids is 1. The number of carbonyl (C=O) groups is 1. The number of H-pyrrole nitrogens is 1. The molecular weight excluding hydrogens is 324 g/mol. The molecule has 5 heteroatoms. The standard InChI is InChI=1S/C21H24N4O/c26-20(10-9-16-5-2-1-3-6-16)25-12-11-19(15-25)22-13-17-7-4-8-18-14-23-24-21(17)18/h1-8,14,19,22H,9-13,15H2,(H,23,24)/t19-/m0/s1. The smallest absolute Gasteiger partial charge is 0.222 e. The normalized spacial score (nSPS) is 17.1. The van der Waals surface area contributed by atoms with Crippen molar-refractivity contribution < 1.29 is 4.79 Å². The number of amides is 1. The second-order valence-electron chi connectivity index (χ2n) is 6.94. The number of aromatic nitrogens is 2. The van der Waals surface area contributed by atoms with Crippen molar-refractivity contribution in [1.82, 2.24) is 20.4 Å². The van der Waals surface area contributed by atoms with Gasteiger partial charge in [-0.05, 0) is 24.0 Å². The van der Waals surface area contributed by atoms with Crippen molar-refractivity contribution in [2.45, 2.75) is 31.8 Å². The minimum atomic E-state index is 0.258. The van der Waals surface area contributed by atoms with E-state index in [-0.39, 0.29) is 5.91 Å². The molecule has 1 saturated heterocycles. The topological polar surface area (TPSA) is 61.0 Å². The molecule has 2 heterocycles. The highest BCUT2D eigenvalue weighted by Gasteiger charge is 2.25. The molecule has 1 aromatic heterocycles. The monoisotopic (exact) mass is 348 g/mol. The van der Waals surface area contributed by atoms with E-state index in [0.29, 0.717) is 12.5 Å². The maximum absolute atomic E-state index is 12.5. The maximum Gasteiger partial charge on any atom is 0.222 e. The van der Waals surface area contributed by atoms with Crippen molar-refractivity contribution in [2.24, 2.45) is 0 Å². The zero-order valence-corrected chi connectivity index (χ0v) is 14.8. The van der Waals surface area contributed by atoms with Crippen LogP contribution < -0.4 is 5.32 Å². The molecule has 1 aliphatic rings. The van der Waals surface area contributed by atoms with Crippen molar-refractivity contribution in [3.05, 3.63) is 65.9 Å². The number of likely N-dealkylation sites (tertiary alicyclic amines) is 1. The van der Waals surface area contributed by atoms with Crippen molar-refractivity contribution in [3.8, 4) is 0 Å². The molecule has 1 fully saturated rings. The van der Waals surface area contributed by atoms with Crippen LogP contribution in [0.1, 0.15) is 24.0 Å². The molecule has 0 bridgehead atoms. The molecule has 4 rings (SSSR count). The van der Waals surface area contributed by atoms with E-state index in [4.69, 9.17) is 0 Å². The molecule has 2 N–H and O–H groups in total. The van der Waals surface area contributed by atoms with E-state index in [0.717, 1.165) is 43.4 Å². The number of aryl methyl sites for hydroxylation is 1. The first-order valence-corrected chi connectivity index (χ1v) is 9.25. The summed E-state index contributed by atoms with van der Waals surface area (Å²) in [7, 11) is 0. The number of para-hydroxylation sites is 1. The lowest BCUT2D eigenvalue weighted by molar-refractivity contribution is -0.130. The minimum Gasteiger partial charge on any atom is -0.341 e. The lowest BCUT2D eigenvalue weighted by atomic mass is 10.1. The number of aromatic amines is 1. The van der Waals surface area contributed by atoms with E-state index in [2.05, 4.69) is 45.8 Å².